The molecule has 0 amide bonds. The van der Waals surface area contributed by atoms with Gasteiger partial charge in [0, 0.05) is 23.8 Å². The number of carbonyl (C=O) groups is 1. The van der Waals surface area contributed by atoms with Crippen LogP contribution in [-0.4, -0.2) is 89.2 Å². The maximum Gasteiger partial charge on any atom is 0.330 e. The summed E-state index contributed by atoms with van der Waals surface area (Å²) in [6.07, 6.45) is -6.85. The van der Waals surface area contributed by atoms with Crippen LogP contribution in [0.15, 0.2) is 63.8 Å². The van der Waals surface area contributed by atoms with Gasteiger partial charge in [0.2, 0.25) is 17.5 Å². The summed E-state index contributed by atoms with van der Waals surface area (Å²) in [6, 6.07) is 9.02. The van der Waals surface area contributed by atoms with Gasteiger partial charge in [-0.25, -0.2) is 4.79 Å². The Labute approximate surface area is 251 Å². The molecule has 5 unspecified atom stereocenters. The van der Waals surface area contributed by atoms with E-state index >= 15 is 0 Å². The highest BCUT2D eigenvalue weighted by Gasteiger charge is 2.46. The van der Waals surface area contributed by atoms with E-state index in [-0.39, 0.29) is 16.9 Å². The second-order valence-electron chi connectivity index (χ2n) is 9.98. The Morgan fingerprint density at radius 2 is 1.49 bits per heavy atom. The molecule has 2 heterocycles. The van der Waals surface area contributed by atoms with Crippen LogP contribution in [-0.2, 0) is 14.3 Å². The number of esters is 1. The lowest BCUT2D eigenvalue weighted by molar-refractivity contribution is -0.278. The number of aromatic hydroxyl groups is 6. The summed E-state index contributed by atoms with van der Waals surface area (Å²) in [7, 11) is 0. The molecule has 9 N–H and O–H groups in total. The molecule has 0 saturated carbocycles. The van der Waals surface area contributed by atoms with E-state index in [4.69, 9.17) is 18.6 Å². The van der Waals surface area contributed by atoms with Gasteiger partial charge in [-0.15, -0.1) is 0 Å². The van der Waals surface area contributed by atoms with Gasteiger partial charge in [0.15, 0.2) is 28.8 Å². The number of hydrogen-bond donors (Lipinski definition) is 9. The first-order valence-corrected chi connectivity index (χ1v) is 13.1. The van der Waals surface area contributed by atoms with Crippen LogP contribution in [0.3, 0.4) is 0 Å². The minimum absolute atomic E-state index is 0.0350. The van der Waals surface area contributed by atoms with Gasteiger partial charge in [-0.3, -0.25) is 4.79 Å². The molecule has 0 bridgehead atoms. The van der Waals surface area contributed by atoms with E-state index < -0.39 is 94.4 Å². The van der Waals surface area contributed by atoms with E-state index in [2.05, 4.69) is 0 Å². The molecule has 15 nitrogen and oxygen atoms in total. The van der Waals surface area contributed by atoms with Crippen molar-refractivity contribution < 1.29 is 69.4 Å². The third-order valence-corrected chi connectivity index (χ3v) is 6.86. The highest BCUT2D eigenvalue weighted by atomic mass is 16.7. The molecule has 0 radical (unpaired) electrons. The van der Waals surface area contributed by atoms with E-state index in [1.165, 1.54) is 30.3 Å². The van der Waals surface area contributed by atoms with E-state index in [0.717, 1.165) is 30.3 Å². The molecule has 5 rings (SSSR count). The average molecular weight is 627 g/mol. The van der Waals surface area contributed by atoms with Gasteiger partial charge in [0.1, 0.15) is 53.5 Å². The Morgan fingerprint density at radius 3 is 2.18 bits per heavy atom. The Balaban J connectivity index is 1.43. The zero-order chi connectivity index (χ0) is 32.6. The number of fused-ring (bicyclic) bond motifs is 1. The van der Waals surface area contributed by atoms with Crippen LogP contribution in [0.25, 0.3) is 28.4 Å². The predicted octanol–water partition coefficient (Wildman–Crippen LogP) is 1.14. The third kappa shape index (κ3) is 6.27. The molecular formula is C30H26O15. The van der Waals surface area contributed by atoms with Gasteiger partial charge in [-0.2, -0.15) is 0 Å². The van der Waals surface area contributed by atoms with Gasteiger partial charge in [0.25, 0.3) is 0 Å². The second-order valence-corrected chi connectivity index (χ2v) is 9.98. The van der Waals surface area contributed by atoms with Crippen molar-refractivity contribution in [1.82, 2.24) is 0 Å². The minimum atomic E-state index is -1.97. The molecule has 5 atom stereocenters. The summed E-state index contributed by atoms with van der Waals surface area (Å²) < 4.78 is 22.0. The van der Waals surface area contributed by atoms with Gasteiger partial charge in [0.05, 0.1) is 0 Å². The van der Waals surface area contributed by atoms with Crippen LogP contribution in [0.4, 0.5) is 0 Å². The van der Waals surface area contributed by atoms with Crippen LogP contribution in [0.2, 0.25) is 0 Å². The molecule has 1 aliphatic rings. The Hall–Kier alpha value is -5.48. The number of aliphatic hydroxyl groups excluding tert-OH is 3. The largest absolute Gasteiger partial charge is 0.508 e. The number of rotatable bonds is 7. The first kappa shape index (κ1) is 31.0. The number of phenols is 6. The lowest BCUT2D eigenvalue weighted by Gasteiger charge is -2.39. The fourth-order valence-electron chi connectivity index (χ4n) is 4.52. The van der Waals surface area contributed by atoms with Crippen LogP contribution in [0.1, 0.15) is 5.56 Å². The first-order chi connectivity index (χ1) is 21.3. The SMILES string of the molecule is O=C(/C=C/c1ccc(O)c(O)c1)OCC1OC(Oc2c(-c3ccc(O)c(O)c3)oc3cc(O)cc(O)c3c2=O)C(O)C(O)C1O. The van der Waals surface area contributed by atoms with Gasteiger partial charge < -0.3 is 64.6 Å². The summed E-state index contributed by atoms with van der Waals surface area (Å²) in [5, 5.41) is 90.2. The zero-order valence-electron chi connectivity index (χ0n) is 22.8. The van der Waals surface area contributed by atoms with Crippen molar-refractivity contribution in [3.8, 4) is 51.6 Å². The van der Waals surface area contributed by atoms with Crippen LogP contribution in [0.5, 0.6) is 40.2 Å². The van der Waals surface area contributed by atoms with Crippen molar-refractivity contribution >= 4 is 23.0 Å². The van der Waals surface area contributed by atoms with Crippen molar-refractivity contribution in [3.63, 3.8) is 0 Å². The number of benzene rings is 3. The average Bonchev–Trinajstić information content (AvgIpc) is 2.99. The summed E-state index contributed by atoms with van der Waals surface area (Å²) in [5.41, 5.74) is -1.02. The highest BCUT2D eigenvalue weighted by Crippen LogP contribution is 2.39. The number of ether oxygens (including phenoxy) is 3. The minimum Gasteiger partial charge on any atom is -0.508 e. The van der Waals surface area contributed by atoms with E-state index in [1.54, 1.807) is 0 Å². The Morgan fingerprint density at radius 1 is 0.800 bits per heavy atom. The standard InChI is InChI=1S/C30H26O15/c31-14-9-19(36)23-20(10-14)43-28(13-3-5-16(33)18(35)8-13)29(25(23)39)45-30-27(41)26(40)24(38)21(44-30)11-42-22(37)6-2-12-1-4-15(32)17(34)7-12/h1-10,21,24,26-27,30-36,38,40-41H,11H2/b6-2+. The molecule has 0 aliphatic carbocycles. The summed E-state index contributed by atoms with van der Waals surface area (Å²) >= 11 is 0. The van der Waals surface area contributed by atoms with Crippen molar-refractivity contribution in [2.45, 2.75) is 30.7 Å². The van der Waals surface area contributed by atoms with E-state index in [9.17, 15) is 55.5 Å². The summed E-state index contributed by atoms with van der Waals surface area (Å²) in [4.78, 5) is 25.8. The fraction of sp³-hybridized carbons (Fsp3) is 0.200. The van der Waals surface area contributed by atoms with Crippen molar-refractivity contribution in [3.05, 3.63) is 70.4 Å². The topological polar surface area (TPSA) is 257 Å². The summed E-state index contributed by atoms with van der Waals surface area (Å²) in [5.74, 6) is -5.06. The number of carbonyl (C=O) groups excluding carboxylic acids is 1. The molecule has 1 aromatic heterocycles. The van der Waals surface area contributed by atoms with Crippen LogP contribution < -0.4 is 10.2 Å². The molecule has 1 saturated heterocycles. The van der Waals surface area contributed by atoms with Crippen molar-refractivity contribution in [2.75, 3.05) is 6.61 Å². The molecule has 15 heteroatoms. The normalized spacial score (nSPS) is 21.6. The van der Waals surface area contributed by atoms with Crippen molar-refractivity contribution in [2.24, 2.45) is 0 Å². The molecule has 4 aromatic rings. The maximum absolute atomic E-state index is 13.6. The van der Waals surface area contributed by atoms with Gasteiger partial charge in [-0.05, 0) is 42.0 Å². The maximum atomic E-state index is 13.6. The Kier molecular flexibility index (Phi) is 8.43. The first-order valence-electron chi connectivity index (χ1n) is 13.1. The zero-order valence-corrected chi connectivity index (χ0v) is 22.8. The number of aliphatic hydroxyl groups is 3. The smallest absolute Gasteiger partial charge is 0.330 e. The lowest BCUT2D eigenvalue weighted by Crippen LogP contribution is -2.60. The van der Waals surface area contributed by atoms with Crippen molar-refractivity contribution in [1.29, 1.82) is 0 Å². The highest BCUT2D eigenvalue weighted by molar-refractivity contribution is 5.88. The molecule has 45 heavy (non-hydrogen) atoms. The quantitative estimate of drug-likeness (QED) is 0.0791. The lowest BCUT2D eigenvalue weighted by atomic mass is 9.99. The van der Waals surface area contributed by atoms with E-state index in [1.807, 2.05) is 0 Å². The Bertz CT molecular complexity index is 1850. The number of phenolic OH excluding ortho intramolecular Hbond substituents is 6. The van der Waals surface area contributed by atoms with Gasteiger partial charge in [-0.1, -0.05) is 6.07 Å². The van der Waals surface area contributed by atoms with Crippen LogP contribution >= 0.6 is 0 Å². The molecule has 1 fully saturated rings. The van der Waals surface area contributed by atoms with Gasteiger partial charge >= 0.3 is 5.97 Å². The monoisotopic (exact) mass is 626 g/mol. The number of hydrogen-bond acceptors (Lipinski definition) is 15. The second kappa shape index (κ2) is 12.3. The fourth-order valence-corrected chi connectivity index (χ4v) is 4.52. The molecular weight excluding hydrogens is 600 g/mol. The molecule has 3 aromatic carbocycles. The molecule has 0 spiro atoms. The predicted molar refractivity (Wildman–Crippen MR) is 152 cm³/mol. The third-order valence-electron chi connectivity index (χ3n) is 6.86. The molecule has 1 aliphatic heterocycles. The van der Waals surface area contributed by atoms with Crippen LogP contribution in [0, 0.1) is 0 Å². The molecule has 236 valence electrons. The van der Waals surface area contributed by atoms with E-state index in [0.29, 0.717) is 5.56 Å². The summed E-state index contributed by atoms with van der Waals surface area (Å²) in [6.45, 7) is -0.667.